The van der Waals surface area contributed by atoms with E-state index in [0.717, 1.165) is 17.1 Å². The lowest BCUT2D eigenvalue weighted by Crippen LogP contribution is -2.16. The van der Waals surface area contributed by atoms with Crippen LogP contribution in [0.15, 0.2) is 188 Å². The van der Waals surface area contributed by atoms with E-state index >= 15 is 0 Å². The van der Waals surface area contributed by atoms with Crippen LogP contribution in [0.3, 0.4) is 0 Å². The van der Waals surface area contributed by atoms with Crippen molar-refractivity contribution in [2.75, 3.05) is 4.90 Å². The van der Waals surface area contributed by atoms with Crippen LogP contribution < -0.4 is 4.90 Å². The highest BCUT2D eigenvalue weighted by Crippen LogP contribution is 2.56. The van der Waals surface area contributed by atoms with Gasteiger partial charge < -0.3 is 4.90 Å². The van der Waals surface area contributed by atoms with Crippen LogP contribution >= 0.6 is 11.3 Å². The lowest BCUT2D eigenvalue weighted by Gasteiger charge is -2.28. The zero-order valence-electron chi connectivity index (χ0n) is 33.3. The second-order valence-electron chi connectivity index (χ2n) is 17.0. The van der Waals surface area contributed by atoms with Crippen molar-refractivity contribution in [3.8, 4) is 54.9 Å². The predicted molar refractivity (Wildman–Crippen MR) is 248 cm³/mol. The second kappa shape index (κ2) is 13.0. The van der Waals surface area contributed by atoms with Crippen molar-refractivity contribution in [2.24, 2.45) is 0 Å². The molecule has 0 N–H and O–H groups in total. The maximum absolute atomic E-state index is 2.43. The van der Waals surface area contributed by atoms with Gasteiger partial charge in [-0.1, -0.05) is 161 Å². The summed E-state index contributed by atoms with van der Waals surface area (Å²) in [7, 11) is 0. The van der Waals surface area contributed by atoms with Crippen molar-refractivity contribution in [1.29, 1.82) is 0 Å². The van der Waals surface area contributed by atoms with Crippen LogP contribution in [0.25, 0.3) is 65.0 Å². The number of nitrogens with zero attached hydrogens (tertiary/aromatic N) is 1. The Labute approximate surface area is 345 Å². The van der Waals surface area contributed by atoms with E-state index in [1.807, 2.05) is 11.3 Å². The zero-order chi connectivity index (χ0) is 39.2. The molecular formula is C56H43NS. The Bertz CT molecular complexity index is 3040. The summed E-state index contributed by atoms with van der Waals surface area (Å²) in [5, 5.41) is 1.39. The van der Waals surface area contributed by atoms with Crippen molar-refractivity contribution in [2.45, 2.75) is 38.5 Å². The summed E-state index contributed by atoms with van der Waals surface area (Å²) in [5.41, 5.74) is 20.3. The van der Waals surface area contributed by atoms with E-state index in [1.54, 1.807) is 0 Å². The standard InChI is InChI=1S/C56H43NS/c1-55(2)49-19-10-8-17-45(49)46-31-30-44(35-51(46)55)57(42-26-21-37(22-27-42)36-13-6-5-7-14-36)43-28-23-38(24-29-43)39-15-12-16-40(33-39)41-25-32-50-48(34-41)54-53(56(50,3)4)47-18-9-11-20-52(47)58-54/h5-35H,1-4H3. The largest absolute Gasteiger partial charge is 0.310 e. The van der Waals surface area contributed by atoms with E-state index in [4.69, 9.17) is 0 Å². The minimum Gasteiger partial charge on any atom is -0.310 e. The third-order valence-electron chi connectivity index (χ3n) is 12.9. The highest BCUT2D eigenvalue weighted by atomic mass is 32.1. The van der Waals surface area contributed by atoms with Gasteiger partial charge in [-0.2, -0.15) is 0 Å². The van der Waals surface area contributed by atoms with Gasteiger partial charge in [0.25, 0.3) is 0 Å². The fourth-order valence-electron chi connectivity index (χ4n) is 9.84. The molecule has 2 aliphatic rings. The summed E-state index contributed by atoms with van der Waals surface area (Å²) in [5.74, 6) is 0. The van der Waals surface area contributed by atoms with Crippen LogP contribution in [0, 0.1) is 0 Å². The predicted octanol–water partition coefficient (Wildman–Crippen LogP) is 16.0. The lowest BCUT2D eigenvalue weighted by molar-refractivity contribution is 0.660. The number of hydrogen-bond acceptors (Lipinski definition) is 2. The fourth-order valence-corrected chi connectivity index (χ4v) is 11.2. The molecule has 0 bridgehead atoms. The van der Waals surface area contributed by atoms with Crippen LogP contribution in [0.1, 0.15) is 49.9 Å². The third-order valence-corrected chi connectivity index (χ3v) is 14.1. The van der Waals surface area contributed by atoms with E-state index in [2.05, 4.69) is 221 Å². The molecule has 0 unspecified atom stereocenters. The van der Waals surface area contributed by atoms with Crippen molar-refractivity contribution in [1.82, 2.24) is 0 Å². The number of anilines is 3. The monoisotopic (exact) mass is 761 g/mol. The van der Waals surface area contributed by atoms with E-state index in [-0.39, 0.29) is 10.8 Å². The summed E-state index contributed by atoms with van der Waals surface area (Å²) < 4.78 is 1.37. The molecule has 11 rings (SSSR count). The molecule has 0 spiro atoms. The molecule has 0 saturated carbocycles. The van der Waals surface area contributed by atoms with Gasteiger partial charge in [0.05, 0.1) is 0 Å². The molecule has 58 heavy (non-hydrogen) atoms. The summed E-state index contributed by atoms with van der Waals surface area (Å²) >= 11 is 1.93. The molecular weight excluding hydrogens is 719 g/mol. The maximum atomic E-state index is 2.43. The normalized spacial score (nSPS) is 14.1. The van der Waals surface area contributed by atoms with Gasteiger partial charge in [-0.3, -0.25) is 0 Å². The highest BCUT2D eigenvalue weighted by molar-refractivity contribution is 7.22. The van der Waals surface area contributed by atoms with E-state index < -0.39 is 0 Å². The summed E-state index contributed by atoms with van der Waals surface area (Å²) in [6, 6.07) is 69.7. The first kappa shape index (κ1) is 34.7. The average Bonchev–Trinajstić information content (AvgIpc) is 3.85. The van der Waals surface area contributed by atoms with Gasteiger partial charge in [-0.05, 0) is 132 Å². The van der Waals surface area contributed by atoms with Gasteiger partial charge >= 0.3 is 0 Å². The number of benzene rings is 8. The van der Waals surface area contributed by atoms with Gasteiger partial charge in [-0.15, -0.1) is 11.3 Å². The molecule has 1 heterocycles. The molecule has 1 aromatic heterocycles. The Morgan fingerprint density at radius 2 is 0.897 bits per heavy atom. The molecule has 2 heteroatoms. The maximum Gasteiger partial charge on any atom is 0.0465 e. The molecule has 9 aromatic rings. The van der Waals surface area contributed by atoms with Gasteiger partial charge in [0.1, 0.15) is 0 Å². The first-order chi connectivity index (χ1) is 28.3. The SMILES string of the molecule is CC1(C)c2ccccc2-c2ccc(N(c3ccc(-c4ccccc4)cc3)c3ccc(-c4cccc(-c5ccc6c(c5)-c5sc7ccccc7c5C6(C)C)c4)cc3)cc21. The molecule has 0 radical (unpaired) electrons. The molecule has 0 fully saturated rings. The zero-order valence-corrected chi connectivity index (χ0v) is 34.1. The summed E-state index contributed by atoms with van der Waals surface area (Å²) in [6.45, 7) is 9.47. The van der Waals surface area contributed by atoms with Crippen molar-refractivity contribution < 1.29 is 0 Å². The van der Waals surface area contributed by atoms with Crippen LogP contribution in [-0.2, 0) is 10.8 Å². The van der Waals surface area contributed by atoms with Gasteiger partial charge in [0.2, 0.25) is 0 Å². The van der Waals surface area contributed by atoms with Crippen molar-refractivity contribution in [3.63, 3.8) is 0 Å². The second-order valence-corrected chi connectivity index (χ2v) is 18.0. The van der Waals surface area contributed by atoms with E-state index in [0.29, 0.717) is 0 Å². The highest BCUT2D eigenvalue weighted by Gasteiger charge is 2.39. The smallest absolute Gasteiger partial charge is 0.0465 e. The van der Waals surface area contributed by atoms with Crippen LogP contribution in [0.4, 0.5) is 17.1 Å². The number of thiophene rings is 1. The molecule has 278 valence electrons. The Kier molecular flexibility index (Phi) is 7.80. The third kappa shape index (κ3) is 5.36. The van der Waals surface area contributed by atoms with Crippen molar-refractivity contribution >= 4 is 38.5 Å². The van der Waals surface area contributed by atoms with Crippen LogP contribution in [0.2, 0.25) is 0 Å². The number of fused-ring (bicyclic) bond motifs is 8. The molecule has 0 atom stereocenters. The Hall–Kier alpha value is -6.48. The lowest BCUT2D eigenvalue weighted by atomic mass is 9.81. The Morgan fingerprint density at radius 1 is 0.362 bits per heavy atom. The Morgan fingerprint density at radius 3 is 1.66 bits per heavy atom. The number of hydrogen-bond donors (Lipinski definition) is 0. The van der Waals surface area contributed by atoms with Gasteiger partial charge in [0, 0.05) is 37.5 Å². The van der Waals surface area contributed by atoms with Crippen LogP contribution in [-0.4, -0.2) is 0 Å². The molecule has 8 aromatic carbocycles. The van der Waals surface area contributed by atoms with E-state index in [9.17, 15) is 0 Å². The minimum atomic E-state index is -0.0884. The number of rotatable bonds is 6. The molecule has 2 aliphatic carbocycles. The minimum absolute atomic E-state index is 0.0226. The van der Waals surface area contributed by atoms with Crippen LogP contribution in [0.5, 0.6) is 0 Å². The molecule has 1 nitrogen and oxygen atoms in total. The molecule has 0 aliphatic heterocycles. The summed E-state index contributed by atoms with van der Waals surface area (Å²) in [4.78, 5) is 3.83. The average molecular weight is 762 g/mol. The topological polar surface area (TPSA) is 3.24 Å². The van der Waals surface area contributed by atoms with Crippen molar-refractivity contribution in [3.05, 3.63) is 210 Å². The summed E-state index contributed by atoms with van der Waals surface area (Å²) in [6.07, 6.45) is 0. The van der Waals surface area contributed by atoms with E-state index in [1.165, 1.54) is 87.3 Å². The Balaban J connectivity index is 0.959. The van der Waals surface area contributed by atoms with Gasteiger partial charge in [-0.25, -0.2) is 0 Å². The fraction of sp³-hybridized carbons (Fsp3) is 0.107. The first-order valence-corrected chi connectivity index (χ1v) is 21.2. The quantitative estimate of drug-likeness (QED) is 0.163. The molecule has 0 amide bonds. The first-order valence-electron chi connectivity index (χ1n) is 20.3. The molecule has 0 saturated heterocycles. The van der Waals surface area contributed by atoms with Gasteiger partial charge in [0.15, 0.2) is 0 Å².